The molecule has 2 fully saturated rings. The summed E-state index contributed by atoms with van der Waals surface area (Å²) in [5.41, 5.74) is 0.0690. The summed E-state index contributed by atoms with van der Waals surface area (Å²) >= 11 is 5.94. The summed E-state index contributed by atoms with van der Waals surface area (Å²) in [5, 5.41) is -0.694. The number of rotatable bonds is 6. The van der Waals surface area contributed by atoms with E-state index in [2.05, 4.69) is 0 Å². The Morgan fingerprint density at radius 2 is 2.17 bits per heavy atom. The lowest BCUT2D eigenvalue weighted by Gasteiger charge is -2.22. The van der Waals surface area contributed by atoms with Crippen LogP contribution in [-0.2, 0) is 19.1 Å². The van der Waals surface area contributed by atoms with Gasteiger partial charge in [-0.15, -0.1) is 11.6 Å². The van der Waals surface area contributed by atoms with E-state index in [0.29, 0.717) is 19.3 Å². The van der Waals surface area contributed by atoms with Crippen LogP contribution in [0, 0.1) is 5.41 Å². The first-order valence-corrected chi connectivity index (χ1v) is 6.74. The van der Waals surface area contributed by atoms with Crippen LogP contribution in [0.2, 0.25) is 0 Å². The van der Waals surface area contributed by atoms with Crippen LogP contribution in [0.1, 0.15) is 39.5 Å². The van der Waals surface area contributed by atoms with E-state index in [-0.39, 0.29) is 11.5 Å². The van der Waals surface area contributed by atoms with E-state index in [1.54, 1.807) is 0 Å². The number of carbonyl (C=O) groups excluding carboxylic acids is 2. The van der Waals surface area contributed by atoms with Crippen molar-refractivity contribution in [1.82, 2.24) is 0 Å². The normalized spacial score (nSPS) is 29.8. The van der Waals surface area contributed by atoms with Crippen molar-refractivity contribution in [2.24, 2.45) is 5.41 Å². The Morgan fingerprint density at radius 1 is 1.50 bits per heavy atom. The maximum Gasteiger partial charge on any atom is 0.212 e. The fourth-order valence-corrected chi connectivity index (χ4v) is 2.95. The van der Waals surface area contributed by atoms with Gasteiger partial charge in [0.25, 0.3) is 0 Å². The Morgan fingerprint density at radius 3 is 2.61 bits per heavy atom. The maximum atomic E-state index is 11.2. The second-order valence-corrected chi connectivity index (χ2v) is 6.37. The lowest BCUT2D eigenvalue weighted by Crippen LogP contribution is -2.26. The van der Waals surface area contributed by atoms with Crippen LogP contribution in [0.15, 0.2) is 0 Å². The minimum atomic E-state index is -0.694. The fraction of sp³-hybridized carbons (Fsp3) is 0.846. The minimum absolute atomic E-state index is 0.0673. The van der Waals surface area contributed by atoms with Gasteiger partial charge in [0.2, 0.25) is 5.78 Å². The summed E-state index contributed by atoms with van der Waals surface area (Å²) in [4.78, 5) is 21.6. The third-order valence-corrected chi connectivity index (χ3v) is 4.09. The molecule has 4 nitrogen and oxygen atoms in total. The van der Waals surface area contributed by atoms with E-state index >= 15 is 0 Å². The topological polar surface area (TPSA) is 52.6 Å². The summed E-state index contributed by atoms with van der Waals surface area (Å²) in [7, 11) is 0. The van der Waals surface area contributed by atoms with Gasteiger partial charge in [-0.1, -0.05) is 0 Å². The third-order valence-electron chi connectivity index (χ3n) is 3.72. The Bertz CT molecular complexity index is 349. The summed E-state index contributed by atoms with van der Waals surface area (Å²) in [6.07, 6.45) is 3.88. The van der Waals surface area contributed by atoms with Gasteiger partial charge in [-0.25, -0.2) is 0 Å². The molecule has 1 aliphatic carbocycles. The van der Waals surface area contributed by atoms with E-state index in [0.717, 1.165) is 19.3 Å². The number of ketones is 1. The zero-order chi connectivity index (χ0) is 13.4. The number of Topliss-reactive ketones (excluding diaryl/α,β-unsaturated/α-hetero) is 1. The van der Waals surface area contributed by atoms with Crippen molar-refractivity contribution < 1.29 is 19.1 Å². The largest absolute Gasteiger partial charge is 0.348 e. The van der Waals surface area contributed by atoms with Crippen molar-refractivity contribution in [2.75, 3.05) is 6.61 Å². The molecule has 0 spiro atoms. The highest BCUT2D eigenvalue weighted by molar-refractivity contribution is 6.43. The Kier molecular flexibility index (Phi) is 3.81. The number of hydrogen-bond acceptors (Lipinski definition) is 4. The van der Waals surface area contributed by atoms with E-state index in [9.17, 15) is 9.59 Å². The highest BCUT2D eigenvalue weighted by atomic mass is 35.5. The first kappa shape index (κ1) is 14.0. The molecule has 0 aromatic heterocycles. The van der Waals surface area contributed by atoms with Crippen molar-refractivity contribution in [3.05, 3.63) is 0 Å². The number of alkyl halides is 1. The number of aldehydes is 1. The van der Waals surface area contributed by atoms with E-state index < -0.39 is 16.9 Å². The Hall–Kier alpha value is -0.450. The SMILES string of the molecule is CC1(C)OC[C@H](CC2(C[C@@H](Cl)C(=O)C=O)CC2)O1. The first-order valence-electron chi connectivity index (χ1n) is 6.31. The molecule has 18 heavy (non-hydrogen) atoms. The number of carbonyl (C=O) groups is 2. The van der Waals surface area contributed by atoms with Crippen LogP contribution in [0.25, 0.3) is 0 Å². The molecule has 0 radical (unpaired) electrons. The van der Waals surface area contributed by atoms with E-state index in [1.807, 2.05) is 13.8 Å². The molecule has 0 aromatic rings. The average molecular weight is 275 g/mol. The molecule has 1 saturated heterocycles. The van der Waals surface area contributed by atoms with Gasteiger partial charge in [0, 0.05) is 0 Å². The summed E-state index contributed by atoms with van der Waals surface area (Å²) in [5.74, 6) is -1.04. The first-order chi connectivity index (χ1) is 8.36. The second kappa shape index (κ2) is 4.91. The molecule has 5 heteroatoms. The molecular formula is C13H19ClO4. The maximum absolute atomic E-state index is 11.2. The van der Waals surface area contributed by atoms with Crippen LogP contribution < -0.4 is 0 Å². The molecule has 0 aromatic carbocycles. The van der Waals surface area contributed by atoms with Gasteiger partial charge in [0.15, 0.2) is 12.1 Å². The molecule has 1 aliphatic heterocycles. The Labute approximate surface area is 112 Å². The smallest absolute Gasteiger partial charge is 0.212 e. The monoisotopic (exact) mass is 274 g/mol. The van der Waals surface area contributed by atoms with Gasteiger partial charge >= 0.3 is 0 Å². The summed E-state index contributed by atoms with van der Waals surface area (Å²) in [6, 6.07) is 0. The lowest BCUT2D eigenvalue weighted by molar-refractivity contribution is -0.140. The third kappa shape index (κ3) is 3.31. The van der Waals surface area contributed by atoms with Crippen molar-refractivity contribution >= 4 is 23.7 Å². The van der Waals surface area contributed by atoms with Gasteiger partial charge in [0.1, 0.15) is 5.38 Å². The van der Waals surface area contributed by atoms with Gasteiger partial charge in [-0.05, 0) is 44.9 Å². The van der Waals surface area contributed by atoms with Crippen molar-refractivity contribution in [2.45, 2.75) is 56.8 Å². The number of ether oxygens (including phenoxy) is 2. The molecule has 2 atom stereocenters. The molecule has 102 valence electrons. The second-order valence-electron chi connectivity index (χ2n) is 5.85. The van der Waals surface area contributed by atoms with Crippen molar-refractivity contribution in [1.29, 1.82) is 0 Å². The zero-order valence-corrected chi connectivity index (χ0v) is 11.5. The lowest BCUT2D eigenvalue weighted by atomic mass is 9.92. The van der Waals surface area contributed by atoms with Gasteiger partial charge < -0.3 is 9.47 Å². The molecule has 0 amide bonds. The zero-order valence-electron chi connectivity index (χ0n) is 10.8. The van der Waals surface area contributed by atoms with Crippen LogP contribution in [0.5, 0.6) is 0 Å². The molecule has 0 N–H and O–H groups in total. The average Bonchev–Trinajstić information content (AvgIpc) is 2.95. The summed E-state index contributed by atoms with van der Waals surface area (Å²) in [6.45, 7) is 4.38. The number of hydrogen-bond donors (Lipinski definition) is 0. The fourth-order valence-electron chi connectivity index (χ4n) is 2.57. The van der Waals surface area contributed by atoms with Crippen LogP contribution in [0.3, 0.4) is 0 Å². The number of halogens is 1. The van der Waals surface area contributed by atoms with Gasteiger partial charge in [-0.2, -0.15) is 0 Å². The van der Waals surface area contributed by atoms with E-state index in [1.165, 1.54) is 0 Å². The Balaban J connectivity index is 1.85. The van der Waals surface area contributed by atoms with Crippen molar-refractivity contribution in [3.63, 3.8) is 0 Å². The quantitative estimate of drug-likeness (QED) is 0.423. The molecular weight excluding hydrogens is 256 g/mol. The molecule has 2 rings (SSSR count). The summed E-state index contributed by atoms with van der Waals surface area (Å²) < 4.78 is 11.3. The van der Waals surface area contributed by atoms with Gasteiger partial charge in [0.05, 0.1) is 12.7 Å². The van der Waals surface area contributed by atoms with Gasteiger partial charge in [-0.3, -0.25) is 9.59 Å². The molecule has 0 bridgehead atoms. The van der Waals surface area contributed by atoms with Crippen LogP contribution in [-0.4, -0.2) is 35.9 Å². The van der Waals surface area contributed by atoms with Crippen LogP contribution >= 0.6 is 11.6 Å². The van der Waals surface area contributed by atoms with Crippen molar-refractivity contribution in [3.8, 4) is 0 Å². The minimum Gasteiger partial charge on any atom is -0.348 e. The van der Waals surface area contributed by atoms with Crippen LogP contribution in [0.4, 0.5) is 0 Å². The predicted molar refractivity (Wildman–Crippen MR) is 66.5 cm³/mol. The highest BCUT2D eigenvalue weighted by Gasteiger charge is 2.48. The van der Waals surface area contributed by atoms with E-state index in [4.69, 9.17) is 21.1 Å². The molecule has 1 heterocycles. The standard InChI is InChI=1S/C13H19ClO4/c1-12(2)17-8-9(18-12)5-13(3-4-13)6-10(14)11(16)7-15/h7,9-10H,3-6,8H2,1-2H3/t9-,10+/m0/s1. The molecule has 1 saturated carbocycles. The predicted octanol–water partition coefficient (Wildman–Crippen LogP) is 2.07. The molecule has 2 aliphatic rings. The molecule has 0 unspecified atom stereocenters. The highest BCUT2D eigenvalue weighted by Crippen LogP contribution is 2.55.